The number of carbonyl (C=O) groups is 2. The molecule has 1 aliphatic rings. The number of nitrogens with one attached hydrogen (secondary N) is 1. The summed E-state index contributed by atoms with van der Waals surface area (Å²) >= 11 is 0. The van der Waals surface area contributed by atoms with Gasteiger partial charge in [-0.1, -0.05) is 31.5 Å². The highest BCUT2D eigenvalue weighted by atomic mass is 32.2. The fraction of sp³-hybridized carbons (Fsp3) is 0.440. The van der Waals surface area contributed by atoms with Crippen molar-refractivity contribution in [2.45, 2.75) is 44.4 Å². The van der Waals surface area contributed by atoms with E-state index >= 15 is 0 Å². The average Bonchev–Trinajstić information content (AvgIpc) is 2.84. The Morgan fingerprint density at radius 3 is 2.35 bits per heavy atom. The predicted octanol–water partition coefficient (Wildman–Crippen LogP) is 3.43. The maximum absolute atomic E-state index is 12.8. The quantitative estimate of drug-likeness (QED) is 0.554. The van der Waals surface area contributed by atoms with Crippen LogP contribution in [0.1, 0.15) is 38.2 Å². The molecule has 0 spiro atoms. The van der Waals surface area contributed by atoms with Crippen LogP contribution in [0.5, 0.6) is 5.75 Å². The minimum absolute atomic E-state index is 0.0720. The Bertz CT molecular complexity index is 1080. The maximum Gasteiger partial charge on any atom is 0.260 e. The number of aryl methyl sites for hydroxylation is 1. The Hall–Kier alpha value is -2.91. The van der Waals surface area contributed by atoms with E-state index in [-0.39, 0.29) is 29.9 Å². The topological polar surface area (TPSA) is 96.0 Å². The van der Waals surface area contributed by atoms with Gasteiger partial charge in [0, 0.05) is 25.3 Å². The first kappa shape index (κ1) is 25.7. The number of hydrogen-bond acceptors (Lipinski definition) is 5. The van der Waals surface area contributed by atoms with E-state index in [1.807, 2.05) is 38.1 Å². The molecule has 0 atom stereocenters. The van der Waals surface area contributed by atoms with E-state index in [2.05, 4.69) is 5.32 Å². The van der Waals surface area contributed by atoms with Crippen molar-refractivity contribution in [1.29, 1.82) is 0 Å². The van der Waals surface area contributed by atoms with E-state index in [9.17, 15) is 18.0 Å². The molecule has 2 aromatic carbocycles. The Morgan fingerprint density at radius 2 is 1.71 bits per heavy atom. The lowest BCUT2D eigenvalue weighted by molar-refractivity contribution is -0.136. The van der Waals surface area contributed by atoms with Gasteiger partial charge in [0.25, 0.3) is 5.91 Å². The van der Waals surface area contributed by atoms with Gasteiger partial charge in [-0.15, -0.1) is 0 Å². The number of ether oxygens (including phenoxy) is 1. The number of para-hydroxylation sites is 1. The predicted molar refractivity (Wildman–Crippen MR) is 131 cm³/mol. The number of nitrogens with zero attached hydrogens (tertiary/aromatic N) is 2. The van der Waals surface area contributed by atoms with Gasteiger partial charge in [-0.3, -0.25) is 9.59 Å². The number of amides is 2. The van der Waals surface area contributed by atoms with E-state index in [4.69, 9.17) is 4.74 Å². The molecule has 0 aliphatic carbocycles. The van der Waals surface area contributed by atoms with Gasteiger partial charge in [0.2, 0.25) is 15.9 Å². The molecule has 8 nitrogen and oxygen atoms in total. The largest absolute Gasteiger partial charge is 0.484 e. The van der Waals surface area contributed by atoms with Crippen LogP contribution >= 0.6 is 0 Å². The number of piperidine rings is 1. The Kier molecular flexibility index (Phi) is 9.06. The first-order valence-corrected chi connectivity index (χ1v) is 13.1. The molecule has 1 heterocycles. The molecular weight excluding hydrogens is 454 g/mol. The third-order valence-corrected chi connectivity index (χ3v) is 7.65. The second-order valence-electron chi connectivity index (χ2n) is 8.40. The Labute approximate surface area is 201 Å². The molecule has 2 aromatic rings. The number of hydrogen-bond donors (Lipinski definition) is 1. The molecule has 0 radical (unpaired) electrons. The van der Waals surface area contributed by atoms with Gasteiger partial charge < -0.3 is 15.0 Å². The first-order chi connectivity index (χ1) is 16.3. The molecule has 34 heavy (non-hydrogen) atoms. The van der Waals surface area contributed by atoms with Gasteiger partial charge in [0.05, 0.1) is 11.4 Å². The second-order valence-corrected chi connectivity index (χ2v) is 10.3. The van der Waals surface area contributed by atoms with Gasteiger partial charge >= 0.3 is 0 Å². The number of benzene rings is 2. The van der Waals surface area contributed by atoms with Gasteiger partial charge in [-0.2, -0.15) is 4.31 Å². The van der Waals surface area contributed by atoms with Crippen molar-refractivity contribution in [3.05, 3.63) is 54.1 Å². The first-order valence-electron chi connectivity index (χ1n) is 11.7. The zero-order valence-electron chi connectivity index (χ0n) is 19.8. The van der Waals surface area contributed by atoms with Crippen LogP contribution in [0, 0.1) is 6.92 Å². The van der Waals surface area contributed by atoms with Crippen LogP contribution in [0.3, 0.4) is 0 Å². The van der Waals surface area contributed by atoms with Crippen LogP contribution in [0.15, 0.2) is 53.4 Å². The van der Waals surface area contributed by atoms with Crippen molar-refractivity contribution in [2.24, 2.45) is 0 Å². The van der Waals surface area contributed by atoms with Crippen molar-refractivity contribution in [1.82, 2.24) is 9.21 Å². The fourth-order valence-corrected chi connectivity index (χ4v) is 5.35. The van der Waals surface area contributed by atoms with Crippen molar-refractivity contribution < 1.29 is 22.7 Å². The summed E-state index contributed by atoms with van der Waals surface area (Å²) in [7, 11) is -3.52. The zero-order chi connectivity index (χ0) is 24.6. The standard InChI is InChI=1S/C25H33N3O5S/c1-3-15-27(18-24(29)26-23-10-6-5-9-20(23)2)25(30)19-33-21-11-13-22(14-12-21)34(31,32)28-16-7-4-8-17-28/h5-6,9-14H,3-4,7-8,15-19H2,1-2H3,(H,26,29). The van der Waals surface area contributed by atoms with Crippen LogP contribution in [0.4, 0.5) is 5.69 Å². The summed E-state index contributed by atoms with van der Waals surface area (Å²) in [6.07, 6.45) is 3.50. The van der Waals surface area contributed by atoms with E-state index in [0.29, 0.717) is 37.5 Å². The van der Waals surface area contributed by atoms with Crippen molar-refractivity contribution >= 4 is 27.5 Å². The molecule has 1 fully saturated rings. The lowest BCUT2D eigenvalue weighted by Gasteiger charge is -2.26. The lowest BCUT2D eigenvalue weighted by Crippen LogP contribution is -2.41. The fourth-order valence-electron chi connectivity index (χ4n) is 3.84. The molecule has 0 unspecified atom stereocenters. The van der Waals surface area contributed by atoms with Crippen molar-refractivity contribution in [3.8, 4) is 5.75 Å². The lowest BCUT2D eigenvalue weighted by atomic mass is 10.2. The van der Waals surface area contributed by atoms with E-state index in [0.717, 1.165) is 24.8 Å². The highest BCUT2D eigenvalue weighted by molar-refractivity contribution is 7.89. The molecule has 0 aromatic heterocycles. The molecule has 9 heteroatoms. The van der Waals surface area contributed by atoms with E-state index in [1.54, 1.807) is 12.1 Å². The summed E-state index contributed by atoms with van der Waals surface area (Å²) in [5.41, 5.74) is 1.66. The average molecular weight is 488 g/mol. The summed E-state index contributed by atoms with van der Waals surface area (Å²) in [6.45, 7) is 5.03. The normalized spacial score (nSPS) is 14.4. The number of rotatable bonds is 10. The molecular formula is C25H33N3O5S. The van der Waals surface area contributed by atoms with Gasteiger partial charge in [0.15, 0.2) is 6.61 Å². The van der Waals surface area contributed by atoms with Crippen molar-refractivity contribution in [3.63, 3.8) is 0 Å². The molecule has 0 bridgehead atoms. The highest BCUT2D eigenvalue weighted by Gasteiger charge is 2.26. The third-order valence-electron chi connectivity index (χ3n) is 5.74. The van der Waals surface area contributed by atoms with Crippen LogP contribution in [0.2, 0.25) is 0 Å². The maximum atomic E-state index is 12.8. The summed E-state index contributed by atoms with van der Waals surface area (Å²) in [6, 6.07) is 13.6. The highest BCUT2D eigenvalue weighted by Crippen LogP contribution is 2.22. The summed E-state index contributed by atoms with van der Waals surface area (Å²) in [5.74, 6) is -0.193. The molecule has 0 saturated carbocycles. The van der Waals surface area contributed by atoms with E-state index < -0.39 is 10.0 Å². The molecule has 3 rings (SSSR count). The Balaban J connectivity index is 1.56. The molecule has 1 N–H and O–H groups in total. The molecule has 1 saturated heterocycles. The van der Waals surface area contributed by atoms with Crippen LogP contribution in [0.25, 0.3) is 0 Å². The SMILES string of the molecule is CCCN(CC(=O)Nc1ccccc1C)C(=O)COc1ccc(S(=O)(=O)N2CCCCC2)cc1. The zero-order valence-corrected chi connectivity index (χ0v) is 20.6. The minimum atomic E-state index is -3.52. The third kappa shape index (κ3) is 6.80. The van der Waals surface area contributed by atoms with Gasteiger partial charge in [-0.25, -0.2) is 8.42 Å². The van der Waals surface area contributed by atoms with E-state index in [1.165, 1.54) is 21.3 Å². The number of anilines is 1. The number of carbonyl (C=O) groups excluding carboxylic acids is 2. The van der Waals surface area contributed by atoms with Gasteiger partial charge in [-0.05, 0) is 62.1 Å². The molecule has 1 aliphatic heterocycles. The van der Waals surface area contributed by atoms with Crippen LogP contribution in [-0.2, 0) is 19.6 Å². The Morgan fingerprint density at radius 1 is 1.03 bits per heavy atom. The summed E-state index contributed by atoms with van der Waals surface area (Å²) in [5, 5.41) is 2.84. The molecule has 184 valence electrons. The second kappa shape index (κ2) is 12.0. The number of sulfonamides is 1. The van der Waals surface area contributed by atoms with Gasteiger partial charge in [0.1, 0.15) is 5.75 Å². The van der Waals surface area contributed by atoms with Crippen LogP contribution < -0.4 is 10.1 Å². The summed E-state index contributed by atoms with van der Waals surface area (Å²) in [4.78, 5) is 26.9. The summed E-state index contributed by atoms with van der Waals surface area (Å²) < 4.78 is 32.6. The van der Waals surface area contributed by atoms with Crippen molar-refractivity contribution in [2.75, 3.05) is 38.1 Å². The monoisotopic (exact) mass is 487 g/mol. The molecule has 2 amide bonds. The minimum Gasteiger partial charge on any atom is -0.484 e. The van der Waals surface area contributed by atoms with Crippen LogP contribution in [-0.4, -0.2) is 62.2 Å². The smallest absolute Gasteiger partial charge is 0.260 e.